The van der Waals surface area contributed by atoms with E-state index in [0.717, 1.165) is 12.1 Å². The first-order valence-electron chi connectivity index (χ1n) is 7.26. The van der Waals surface area contributed by atoms with Crippen molar-refractivity contribution in [2.24, 2.45) is 0 Å². The number of carbonyl (C=O) groups excluding carboxylic acids is 2. The lowest BCUT2D eigenvalue weighted by atomic mass is 10.1. The van der Waals surface area contributed by atoms with Crippen molar-refractivity contribution in [2.45, 2.75) is 6.18 Å². The molecule has 0 radical (unpaired) electrons. The Morgan fingerprint density at radius 2 is 1.77 bits per heavy atom. The lowest BCUT2D eigenvalue weighted by molar-refractivity contribution is -0.149. The topological polar surface area (TPSA) is 64.6 Å². The average Bonchev–Trinajstić information content (AvgIpc) is 2.58. The fraction of sp³-hybridized carbons (Fsp3) is 0.176. The number of amides is 1. The second kappa shape index (κ2) is 8.57. The van der Waals surface area contributed by atoms with Gasteiger partial charge in [0.25, 0.3) is 5.91 Å². The van der Waals surface area contributed by atoms with E-state index in [-0.39, 0.29) is 0 Å². The van der Waals surface area contributed by atoms with Crippen molar-refractivity contribution in [2.75, 3.05) is 18.5 Å². The fourth-order valence-electron chi connectivity index (χ4n) is 1.91. The molecule has 0 aliphatic heterocycles. The molecule has 0 heterocycles. The Balaban J connectivity index is 1.83. The maximum Gasteiger partial charge on any atom is 0.418 e. The normalized spacial score (nSPS) is 10.9. The van der Waals surface area contributed by atoms with Gasteiger partial charge in [-0.15, -0.1) is 0 Å². The highest BCUT2D eigenvalue weighted by Gasteiger charge is 2.33. The van der Waals surface area contributed by atoms with E-state index in [0.29, 0.717) is 10.8 Å². The number of anilines is 1. The van der Waals surface area contributed by atoms with Gasteiger partial charge in [-0.05, 0) is 30.3 Å². The molecule has 0 saturated heterocycles. The van der Waals surface area contributed by atoms with Gasteiger partial charge in [0.2, 0.25) is 0 Å². The van der Waals surface area contributed by atoms with Gasteiger partial charge in [0, 0.05) is 5.02 Å². The van der Waals surface area contributed by atoms with Gasteiger partial charge in [-0.2, -0.15) is 13.2 Å². The first kappa shape index (κ1) is 19.6. The van der Waals surface area contributed by atoms with E-state index in [9.17, 15) is 22.8 Å². The van der Waals surface area contributed by atoms with E-state index in [1.807, 2.05) is 0 Å². The Hall–Kier alpha value is -2.74. The third-order valence-electron chi connectivity index (χ3n) is 3.02. The Bertz CT molecular complexity index is 796. The SMILES string of the molecule is O=C(COC(=O)COc1cccc(Cl)c1)Nc1ccccc1C(F)(F)F. The molecule has 2 aromatic rings. The van der Waals surface area contributed by atoms with E-state index in [1.165, 1.54) is 18.2 Å². The van der Waals surface area contributed by atoms with Crippen LogP contribution in [-0.2, 0) is 20.5 Å². The highest BCUT2D eigenvalue weighted by Crippen LogP contribution is 2.34. The molecule has 0 bridgehead atoms. The number of esters is 1. The van der Waals surface area contributed by atoms with Gasteiger partial charge in [0.15, 0.2) is 13.2 Å². The quantitative estimate of drug-likeness (QED) is 0.763. The number of halogens is 4. The van der Waals surface area contributed by atoms with Gasteiger partial charge in [0.05, 0.1) is 11.3 Å². The van der Waals surface area contributed by atoms with Crippen LogP contribution < -0.4 is 10.1 Å². The van der Waals surface area contributed by atoms with Crippen LogP contribution in [0.2, 0.25) is 5.02 Å². The molecule has 138 valence electrons. The average molecular weight is 388 g/mol. The summed E-state index contributed by atoms with van der Waals surface area (Å²) in [5, 5.41) is 2.47. The predicted molar refractivity (Wildman–Crippen MR) is 88.0 cm³/mol. The number of hydrogen-bond acceptors (Lipinski definition) is 4. The van der Waals surface area contributed by atoms with E-state index in [2.05, 4.69) is 10.1 Å². The lowest BCUT2D eigenvalue weighted by Gasteiger charge is -2.13. The largest absolute Gasteiger partial charge is 0.482 e. The molecule has 1 amide bonds. The van der Waals surface area contributed by atoms with Crippen molar-refractivity contribution in [1.29, 1.82) is 0 Å². The molecule has 0 spiro atoms. The highest BCUT2D eigenvalue weighted by molar-refractivity contribution is 6.30. The zero-order valence-corrected chi connectivity index (χ0v) is 13.9. The summed E-state index contributed by atoms with van der Waals surface area (Å²) in [4.78, 5) is 23.2. The van der Waals surface area contributed by atoms with Crippen LogP contribution in [0, 0.1) is 0 Å². The van der Waals surface area contributed by atoms with Crippen molar-refractivity contribution in [1.82, 2.24) is 0 Å². The molecule has 2 rings (SSSR count). The number of ether oxygens (including phenoxy) is 2. The van der Waals surface area contributed by atoms with Crippen LogP contribution in [0.15, 0.2) is 48.5 Å². The maximum absolute atomic E-state index is 12.8. The molecular formula is C17H13ClF3NO4. The van der Waals surface area contributed by atoms with Crippen LogP contribution in [0.4, 0.5) is 18.9 Å². The van der Waals surface area contributed by atoms with Crippen molar-refractivity contribution < 1.29 is 32.2 Å². The van der Waals surface area contributed by atoms with Crippen molar-refractivity contribution >= 4 is 29.2 Å². The smallest absolute Gasteiger partial charge is 0.418 e. The van der Waals surface area contributed by atoms with Crippen LogP contribution in [0.5, 0.6) is 5.75 Å². The summed E-state index contributed by atoms with van der Waals surface area (Å²) in [7, 11) is 0. The number of carbonyl (C=O) groups is 2. The summed E-state index contributed by atoms with van der Waals surface area (Å²) in [5.41, 5.74) is -1.42. The molecule has 26 heavy (non-hydrogen) atoms. The van der Waals surface area contributed by atoms with Gasteiger partial charge in [0.1, 0.15) is 5.75 Å². The van der Waals surface area contributed by atoms with Gasteiger partial charge in [-0.25, -0.2) is 4.79 Å². The molecule has 0 fully saturated rings. The Morgan fingerprint density at radius 3 is 2.46 bits per heavy atom. The maximum atomic E-state index is 12.8. The van der Waals surface area contributed by atoms with E-state index in [1.54, 1.807) is 18.2 Å². The molecule has 0 atom stereocenters. The van der Waals surface area contributed by atoms with Crippen LogP contribution >= 0.6 is 11.6 Å². The molecule has 0 aromatic heterocycles. The zero-order chi connectivity index (χ0) is 19.2. The lowest BCUT2D eigenvalue weighted by Crippen LogP contribution is -2.24. The van der Waals surface area contributed by atoms with Crippen LogP contribution in [0.25, 0.3) is 0 Å². The number of rotatable bonds is 6. The van der Waals surface area contributed by atoms with E-state index in [4.69, 9.17) is 16.3 Å². The first-order valence-corrected chi connectivity index (χ1v) is 7.63. The Morgan fingerprint density at radius 1 is 1.04 bits per heavy atom. The minimum atomic E-state index is -4.62. The summed E-state index contributed by atoms with van der Waals surface area (Å²) >= 11 is 5.76. The highest BCUT2D eigenvalue weighted by atomic mass is 35.5. The molecule has 1 N–H and O–H groups in total. The van der Waals surface area contributed by atoms with Crippen LogP contribution in [0.1, 0.15) is 5.56 Å². The summed E-state index contributed by atoms with van der Waals surface area (Å²) in [6, 6.07) is 10.8. The molecule has 9 heteroatoms. The molecule has 0 aliphatic rings. The monoisotopic (exact) mass is 387 g/mol. The third-order valence-corrected chi connectivity index (χ3v) is 3.26. The summed E-state index contributed by atoms with van der Waals surface area (Å²) in [5.74, 6) is -1.43. The fourth-order valence-corrected chi connectivity index (χ4v) is 2.09. The standard InChI is InChI=1S/C17H13ClF3NO4/c18-11-4-3-5-12(8-11)25-10-16(24)26-9-15(23)22-14-7-2-1-6-13(14)17(19,20)21/h1-8H,9-10H2,(H,22,23). The Kier molecular flexibility index (Phi) is 6.46. The number of hydrogen-bond donors (Lipinski definition) is 1. The van der Waals surface area contributed by atoms with Gasteiger partial charge >= 0.3 is 12.1 Å². The van der Waals surface area contributed by atoms with E-state index < -0.39 is 42.5 Å². The zero-order valence-electron chi connectivity index (χ0n) is 13.2. The van der Waals surface area contributed by atoms with Crippen LogP contribution in [0.3, 0.4) is 0 Å². The number of nitrogens with one attached hydrogen (secondary N) is 1. The molecule has 0 aliphatic carbocycles. The summed E-state index contributed by atoms with van der Waals surface area (Å²) in [6.45, 7) is -1.23. The third kappa shape index (κ3) is 5.96. The second-order valence-corrected chi connectivity index (χ2v) is 5.43. The molecular weight excluding hydrogens is 375 g/mol. The van der Waals surface area contributed by atoms with Gasteiger partial charge in [-0.1, -0.05) is 29.8 Å². The first-order chi connectivity index (χ1) is 12.3. The number of para-hydroxylation sites is 1. The summed E-state index contributed by atoms with van der Waals surface area (Å²) < 4.78 is 48.3. The number of alkyl halides is 3. The van der Waals surface area contributed by atoms with Crippen LogP contribution in [-0.4, -0.2) is 25.1 Å². The summed E-state index contributed by atoms with van der Waals surface area (Å²) in [6.07, 6.45) is -4.62. The molecule has 0 saturated carbocycles. The minimum absolute atomic E-state index is 0.331. The van der Waals surface area contributed by atoms with E-state index >= 15 is 0 Å². The molecule has 5 nitrogen and oxygen atoms in total. The minimum Gasteiger partial charge on any atom is -0.482 e. The van der Waals surface area contributed by atoms with Gasteiger partial charge < -0.3 is 14.8 Å². The Labute approximate surface area is 151 Å². The second-order valence-electron chi connectivity index (χ2n) is 5.00. The van der Waals surface area contributed by atoms with Crippen molar-refractivity contribution in [3.05, 3.63) is 59.1 Å². The molecule has 0 unspecified atom stereocenters. The predicted octanol–water partition coefficient (Wildman–Crippen LogP) is 3.92. The van der Waals surface area contributed by atoms with Crippen molar-refractivity contribution in [3.63, 3.8) is 0 Å². The molecule has 2 aromatic carbocycles. The van der Waals surface area contributed by atoms with Gasteiger partial charge in [-0.3, -0.25) is 4.79 Å². The number of benzene rings is 2. The van der Waals surface area contributed by atoms with Crippen molar-refractivity contribution in [3.8, 4) is 5.75 Å².